The van der Waals surface area contributed by atoms with E-state index < -0.39 is 6.10 Å². The van der Waals surface area contributed by atoms with Crippen LogP contribution in [0.25, 0.3) is 0 Å². The lowest BCUT2D eigenvalue weighted by molar-refractivity contribution is 0.0741. The Morgan fingerprint density at radius 1 is 1.32 bits per heavy atom. The molecule has 1 aromatic carbocycles. The average Bonchev–Trinajstić information content (AvgIpc) is 2.61. The number of likely N-dealkylation sites (N-methyl/N-ethyl adjacent to an activating group) is 1. The molecule has 0 saturated heterocycles. The van der Waals surface area contributed by atoms with Gasteiger partial charge in [0.2, 0.25) is 5.88 Å². The molecule has 0 aliphatic rings. The SMILES string of the molecule is Cc1cnc(OCC(O)CN(C)CCCc2ccccc2)c(C#N)c1. The van der Waals surface area contributed by atoms with E-state index in [9.17, 15) is 5.11 Å². The normalized spacial score (nSPS) is 12.0. The Labute approximate surface area is 149 Å². The summed E-state index contributed by atoms with van der Waals surface area (Å²) in [5.41, 5.74) is 2.63. The van der Waals surface area contributed by atoms with Gasteiger partial charge in [0.15, 0.2) is 0 Å². The Morgan fingerprint density at radius 2 is 2.08 bits per heavy atom. The predicted octanol–water partition coefficient (Wildman–Crippen LogP) is 2.57. The molecule has 0 saturated carbocycles. The van der Waals surface area contributed by atoms with Gasteiger partial charge in [0.05, 0.1) is 0 Å². The van der Waals surface area contributed by atoms with Gasteiger partial charge in [-0.1, -0.05) is 30.3 Å². The lowest BCUT2D eigenvalue weighted by Gasteiger charge is -2.20. The van der Waals surface area contributed by atoms with Crippen LogP contribution in [0.5, 0.6) is 5.88 Å². The minimum absolute atomic E-state index is 0.119. The monoisotopic (exact) mass is 339 g/mol. The Morgan fingerprint density at radius 3 is 2.80 bits per heavy atom. The van der Waals surface area contributed by atoms with Crippen LogP contribution in [0.15, 0.2) is 42.6 Å². The maximum Gasteiger partial charge on any atom is 0.231 e. The Hall–Kier alpha value is -2.42. The average molecular weight is 339 g/mol. The molecule has 1 aromatic heterocycles. The summed E-state index contributed by atoms with van der Waals surface area (Å²) in [4.78, 5) is 6.20. The Bertz CT molecular complexity index is 698. The molecule has 0 aliphatic carbocycles. The maximum atomic E-state index is 10.1. The second-order valence-electron chi connectivity index (χ2n) is 6.29. The molecule has 0 radical (unpaired) electrons. The van der Waals surface area contributed by atoms with Gasteiger partial charge < -0.3 is 14.7 Å². The number of rotatable bonds is 9. The number of aromatic nitrogens is 1. The summed E-state index contributed by atoms with van der Waals surface area (Å²) in [6.07, 6.45) is 3.08. The molecule has 0 fully saturated rings. The zero-order chi connectivity index (χ0) is 18.1. The van der Waals surface area contributed by atoms with Gasteiger partial charge in [0.25, 0.3) is 0 Å². The van der Waals surface area contributed by atoms with E-state index >= 15 is 0 Å². The van der Waals surface area contributed by atoms with E-state index in [-0.39, 0.29) is 12.5 Å². The van der Waals surface area contributed by atoms with Gasteiger partial charge in [-0.3, -0.25) is 0 Å². The molecule has 1 atom stereocenters. The summed E-state index contributed by atoms with van der Waals surface area (Å²) in [6, 6.07) is 14.2. The van der Waals surface area contributed by atoms with Crippen LogP contribution in [0.1, 0.15) is 23.1 Å². The zero-order valence-corrected chi connectivity index (χ0v) is 14.9. The molecular weight excluding hydrogens is 314 g/mol. The van der Waals surface area contributed by atoms with Gasteiger partial charge >= 0.3 is 0 Å². The lowest BCUT2D eigenvalue weighted by atomic mass is 10.1. The number of hydrogen-bond donors (Lipinski definition) is 1. The maximum absolute atomic E-state index is 10.1. The summed E-state index contributed by atoms with van der Waals surface area (Å²) in [7, 11) is 1.99. The van der Waals surface area contributed by atoms with Crippen molar-refractivity contribution in [2.75, 3.05) is 26.7 Å². The lowest BCUT2D eigenvalue weighted by Crippen LogP contribution is -2.34. The van der Waals surface area contributed by atoms with Crippen molar-refractivity contribution in [1.29, 1.82) is 5.26 Å². The van der Waals surface area contributed by atoms with Crippen molar-refractivity contribution in [1.82, 2.24) is 9.88 Å². The molecule has 0 amide bonds. The van der Waals surface area contributed by atoms with Crippen LogP contribution in [0, 0.1) is 18.3 Å². The first-order valence-corrected chi connectivity index (χ1v) is 8.48. The molecule has 1 unspecified atom stereocenters. The Balaban J connectivity index is 1.71. The highest BCUT2D eigenvalue weighted by Crippen LogP contribution is 2.15. The van der Waals surface area contributed by atoms with Crippen molar-refractivity contribution >= 4 is 0 Å². The molecule has 0 aliphatic heterocycles. The summed E-state index contributed by atoms with van der Waals surface area (Å²) in [5, 5.41) is 19.2. The highest BCUT2D eigenvalue weighted by atomic mass is 16.5. The van der Waals surface area contributed by atoms with E-state index in [1.54, 1.807) is 12.3 Å². The van der Waals surface area contributed by atoms with Crippen LogP contribution in [0.3, 0.4) is 0 Å². The molecule has 132 valence electrons. The molecule has 25 heavy (non-hydrogen) atoms. The van der Waals surface area contributed by atoms with Gasteiger partial charge in [-0.15, -0.1) is 0 Å². The van der Waals surface area contributed by atoms with Crippen molar-refractivity contribution in [2.24, 2.45) is 0 Å². The largest absolute Gasteiger partial charge is 0.474 e. The van der Waals surface area contributed by atoms with Gasteiger partial charge in [0.1, 0.15) is 24.3 Å². The molecule has 2 aromatic rings. The number of aryl methyl sites for hydroxylation is 2. The Kier molecular flexibility index (Phi) is 7.39. The predicted molar refractivity (Wildman–Crippen MR) is 97.5 cm³/mol. The van der Waals surface area contributed by atoms with Crippen molar-refractivity contribution in [3.63, 3.8) is 0 Å². The van der Waals surface area contributed by atoms with Crippen LogP contribution in [0.2, 0.25) is 0 Å². The summed E-state index contributed by atoms with van der Waals surface area (Å²) in [6.45, 7) is 3.41. The molecule has 5 nitrogen and oxygen atoms in total. The molecule has 5 heteroatoms. The van der Waals surface area contributed by atoms with E-state index in [0.717, 1.165) is 24.9 Å². The van der Waals surface area contributed by atoms with Crippen LogP contribution >= 0.6 is 0 Å². The first-order valence-electron chi connectivity index (χ1n) is 8.48. The number of ether oxygens (including phenoxy) is 1. The van der Waals surface area contributed by atoms with E-state index in [4.69, 9.17) is 10.00 Å². The van der Waals surface area contributed by atoms with Crippen molar-refractivity contribution in [3.05, 3.63) is 59.3 Å². The first-order chi connectivity index (χ1) is 12.1. The smallest absolute Gasteiger partial charge is 0.231 e. The standard InChI is InChI=1S/C20H25N3O2/c1-16-11-18(12-21)20(22-13-16)25-15-19(24)14-23(2)10-6-9-17-7-4-3-5-8-17/h3-5,7-8,11,13,19,24H,6,9-10,14-15H2,1-2H3. The molecule has 0 bridgehead atoms. The fourth-order valence-electron chi connectivity index (χ4n) is 2.63. The molecule has 1 N–H and O–H groups in total. The summed E-state index contributed by atoms with van der Waals surface area (Å²) < 4.78 is 5.51. The third-order valence-electron chi connectivity index (χ3n) is 3.89. The number of hydrogen-bond acceptors (Lipinski definition) is 5. The number of aliphatic hydroxyl groups is 1. The molecule has 0 spiro atoms. The number of aliphatic hydroxyl groups excluding tert-OH is 1. The van der Waals surface area contributed by atoms with Crippen molar-refractivity contribution in [2.45, 2.75) is 25.9 Å². The fraction of sp³-hybridized carbons (Fsp3) is 0.400. The zero-order valence-electron chi connectivity index (χ0n) is 14.9. The fourth-order valence-corrected chi connectivity index (χ4v) is 2.63. The number of nitrogens with zero attached hydrogens (tertiary/aromatic N) is 3. The third kappa shape index (κ3) is 6.54. The van der Waals surface area contributed by atoms with Crippen LogP contribution in [-0.4, -0.2) is 47.8 Å². The van der Waals surface area contributed by atoms with Gasteiger partial charge in [0, 0.05) is 12.7 Å². The number of pyridine rings is 1. The van der Waals surface area contributed by atoms with Crippen LogP contribution in [0.4, 0.5) is 0 Å². The first kappa shape index (κ1) is 18.9. The molecular formula is C20H25N3O2. The van der Waals surface area contributed by atoms with Crippen molar-refractivity contribution in [3.8, 4) is 11.9 Å². The minimum Gasteiger partial charge on any atom is -0.474 e. The van der Waals surface area contributed by atoms with E-state index in [1.165, 1.54) is 5.56 Å². The second-order valence-corrected chi connectivity index (χ2v) is 6.29. The summed E-state index contributed by atoms with van der Waals surface area (Å²) in [5.74, 6) is 0.277. The highest BCUT2D eigenvalue weighted by Gasteiger charge is 2.12. The molecule has 2 rings (SSSR count). The summed E-state index contributed by atoms with van der Waals surface area (Å²) >= 11 is 0. The van der Waals surface area contributed by atoms with Crippen LogP contribution in [-0.2, 0) is 6.42 Å². The number of nitriles is 1. The molecule has 1 heterocycles. The van der Waals surface area contributed by atoms with E-state index in [1.807, 2.05) is 20.0 Å². The highest BCUT2D eigenvalue weighted by molar-refractivity contribution is 5.39. The van der Waals surface area contributed by atoms with E-state index in [2.05, 4.69) is 40.2 Å². The third-order valence-corrected chi connectivity index (χ3v) is 3.89. The van der Waals surface area contributed by atoms with Gasteiger partial charge in [-0.25, -0.2) is 4.98 Å². The van der Waals surface area contributed by atoms with E-state index in [0.29, 0.717) is 12.1 Å². The van der Waals surface area contributed by atoms with Gasteiger partial charge in [-0.05, 0) is 50.6 Å². The van der Waals surface area contributed by atoms with Crippen molar-refractivity contribution < 1.29 is 9.84 Å². The second kappa shape index (κ2) is 9.77. The topological polar surface area (TPSA) is 69.4 Å². The minimum atomic E-state index is -0.628. The quantitative estimate of drug-likeness (QED) is 0.760. The number of benzene rings is 1. The van der Waals surface area contributed by atoms with Gasteiger partial charge in [-0.2, -0.15) is 5.26 Å². The van der Waals surface area contributed by atoms with Crippen LogP contribution < -0.4 is 4.74 Å².